The first-order valence-electron chi connectivity index (χ1n) is 10.5. The minimum atomic E-state index is -3.45. The first-order chi connectivity index (χ1) is 15.2. The van der Waals surface area contributed by atoms with Gasteiger partial charge in [0.15, 0.2) is 0 Å². The van der Waals surface area contributed by atoms with Crippen molar-refractivity contribution in [2.75, 3.05) is 33.6 Å². The van der Waals surface area contributed by atoms with E-state index in [9.17, 15) is 8.42 Å². The lowest BCUT2D eigenvalue weighted by molar-refractivity contribution is 0.201. The van der Waals surface area contributed by atoms with E-state index in [4.69, 9.17) is 13.7 Å². The van der Waals surface area contributed by atoms with Crippen molar-refractivity contribution in [1.29, 1.82) is 0 Å². The third-order valence-corrected chi connectivity index (χ3v) is 5.21. The van der Waals surface area contributed by atoms with Gasteiger partial charge in [-0.1, -0.05) is 42.5 Å². The predicted octanol–water partition coefficient (Wildman–Crippen LogP) is 4.54. The lowest BCUT2D eigenvalue weighted by atomic mass is 10.1. The summed E-state index contributed by atoms with van der Waals surface area (Å²) in [6, 6.07) is 17.9. The summed E-state index contributed by atoms with van der Waals surface area (Å²) in [5.41, 5.74) is 3.46. The highest BCUT2D eigenvalue weighted by Crippen LogP contribution is 2.18. The van der Waals surface area contributed by atoms with Crippen molar-refractivity contribution in [3.8, 4) is 5.75 Å². The topological polar surface area (TPSA) is 65.1 Å². The second-order valence-corrected chi connectivity index (χ2v) is 9.27. The van der Waals surface area contributed by atoms with E-state index in [0.29, 0.717) is 12.4 Å². The van der Waals surface area contributed by atoms with Gasteiger partial charge in [-0.05, 0) is 55.2 Å². The van der Waals surface area contributed by atoms with Crippen LogP contribution in [0, 0.1) is 0 Å². The van der Waals surface area contributed by atoms with Crippen molar-refractivity contribution in [1.82, 2.24) is 4.90 Å². The zero-order valence-electron chi connectivity index (χ0n) is 19.3. The van der Waals surface area contributed by atoms with E-state index in [1.165, 1.54) is 5.70 Å². The van der Waals surface area contributed by atoms with Crippen molar-refractivity contribution in [3.63, 3.8) is 0 Å². The van der Waals surface area contributed by atoms with E-state index in [2.05, 4.69) is 17.0 Å². The Morgan fingerprint density at radius 2 is 1.69 bits per heavy atom. The van der Waals surface area contributed by atoms with Crippen LogP contribution in [0.3, 0.4) is 0 Å². The molecule has 0 aliphatic carbocycles. The van der Waals surface area contributed by atoms with Crippen LogP contribution in [0.2, 0.25) is 0 Å². The Morgan fingerprint density at radius 3 is 2.38 bits per heavy atom. The van der Waals surface area contributed by atoms with Crippen LogP contribution in [0.5, 0.6) is 5.75 Å². The lowest BCUT2D eigenvalue weighted by Gasteiger charge is -2.17. The van der Waals surface area contributed by atoms with Gasteiger partial charge < -0.3 is 14.4 Å². The molecule has 0 fully saturated rings. The van der Waals surface area contributed by atoms with Gasteiger partial charge in [0.2, 0.25) is 0 Å². The summed E-state index contributed by atoms with van der Waals surface area (Å²) < 4.78 is 38.1. The molecular formula is C25H33NO5S. The van der Waals surface area contributed by atoms with Crippen LogP contribution in [0.25, 0.3) is 0 Å². The normalized spacial score (nSPS) is 12.5. The summed E-state index contributed by atoms with van der Waals surface area (Å²) in [4.78, 5) is 2.10. The highest BCUT2D eigenvalue weighted by atomic mass is 32.2. The van der Waals surface area contributed by atoms with Gasteiger partial charge in [0.25, 0.3) is 10.1 Å². The zero-order valence-corrected chi connectivity index (χ0v) is 20.1. The molecule has 174 valence electrons. The molecule has 6 nitrogen and oxygen atoms in total. The molecule has 7 heteroatoms. The monoisotopic (exact) mass is 459 g/mol. The zero-order chi connectivity index (χ0) is 23.4. The summed E-state index contributed by atoms with van der Waals surface area (Å²) >= 11 is 0. The molecule has 0 unspecified atom stereocenters. The Kier molecular flexibility index (Phi) is 10.3. The fourth-order valence-corrected chi connectivity index (χ4v) is 3.27. The van der Waals surface area contributed by atoms with Gasteiger partial charge >= 0.3 is 0 Å². The molecule has 32 heavy (non-hydrogen) atoms. The third-order valence-electron chi connectivity index (χ3n) is 4.61. The largest absolute Gasteiger partial charge is 0.494 e. The van der Waals surface area contributed by atoms with Crippen LogP contribution in [-0.2, 0) is 32.1 Å². The molecule has 0 aromatic heterocycles. The predicted molar refractivity (Wildman–Crippen MR) is 128 cm³/mol. The van der Waals surface area contributed by atoms with Gasteiger partial charge in [0.05, 0.1) is 12.0 Å². The summed E-state index contributed by atoms with van der Waals surface area (Å²) in [7, 11) is 0.611. The number of rotatable bonds is 13. The average molecular weight is 460 g/mol. The first kappa shape index (κ1) is 25.5. The van der Waals surface area contributed by atoms with E-state index in [-0.39, 0.29) is 13.2 Å². The van der Waals surface area contributed by atoms with Crippen molar-refractivity contribution >= 4 is 10.1 Å². The summed E-state index contributed by atoms with van der Waals surface area (Å²) in [5, 5.41) is 0. The standard InChI is InChI=1S/C25H33NO5S/c1-21(30-20-23-9-6-5-7-10-23)13-15-24(26(2)3)16-14-22-11-8-12-25(19-22)29-17-18-31-32(4,27)28/h5-13,15,19H,14,16-18,20H2,1-4H3/b21-13+,24-15-. The number of hydrogen-bond acceptors (Lipinski definition) is 6. The maximum Gasteiger partial charge on any atom is 0.264 e. The Labute approximate surface area is 192 Å². The number of hydrogen-bond donors (Lipinski definition) is 0. The highest BCUT2D eigenvalue weighted by Gasteiger charge is 2.04. The van der Waals surface area contributed by atoms with Gasteiger partial charge in [-0.25, -0.2) is 0 Å². The molecule has 2 rings (SSSR count). The third kappa shape index (κ3) is 10.5. The highest BCUT2D eigenvalue weighted by molar-refractivity contribution is 7.85. The molecule has 0 saturated carbocycles. The maximum absolute atomic E-state index is 11.0. The Hall–Kier alpha value is -2.77. The summed E-state index contributed by atoms with van der Waals surface area (Å²) in [6.45, 7) is 2.68. The Balaban J connectivity index is 1.88. The Bertz CT molecular complexity index is 998. The second kappa shape index (κ2) is 12.9. The molecule has 0 atom stereocenters. The number of allylic oxidation sites excluding steroid dienone is 4. The SMILES string of the molecule is C/C(=C\C=C(\CCc1cccc(OCCOS(C)(=O)=O)c1)N(C)C)OCc1ccccc1. The molecule has 0 radical (unpaired) electrons. The summed E-state index contributed by atoms with van der Waals surface area (Å²) in [5.74, 6) is 1.56. The van der Waals surface area contributed by atoms with Crippen LogP contribution in [-0.4, -0.2) is 46.9 Å². The quantitative estimate of drug-likeness (QED) is 0.190. The number of aryl methyl sites for hydroxylation is 1. The molecule has 0 heterocycles. The van der Waals surface area contributed by atoms with Crippen molar-refractivity contribution in [2.45, 2.75) is 26.4 Å². The number of nitrogens with zero attached hydrogens (tertiary/aromatic N) is 1. The number of benzene rings is 2. The molecule has 0 spiro atoms. The van der Waals surface area contributed by atoms with E-state index < -0.39 is 10.1 Å². The molecule has 2 aromatic rings. The maximum atomic E-state index is 11.0. The van der Waals surface area contributed by atoms with Crippen LogP contribution < -0.4 is 4.74 Å². The van der Waals surface area contributed by atoms with Crippen LogP contribution in [0.1, 0.15) is 24.5 Å². The molecule has 0 aliphatic rings. The lowest BCUT2D eigenvalue weighted by Crippen LogP contribution is -2.12. The minimum absolute atomic E-state index is 0.00535. The first-order valence-corrected chi connectivity index (χ1v) is 12.3. The van der Waals surface area contributed by atoms with Gasteiger partial charge in [-0.15, -0.1) is 0 Å². The molecular weight excluding hydrogens is 426 g/mol. The smallest absolute Gasteiger partial charge is 0.264 e. The van der Waals surface area contributed by atoms with Crippen LogP contribution in [0.4, 0.5) is 0 Å². The average Bonchev–Trinajstić information content (AvgIpc) is 2.75. The molecule has 0 aliphatic heterocycles. The minimum Gasteiger partial charge on any atom is -0.494 e. The van der Waals surface area contributed by atoms with Crippen molar-refractivity contribution < 1.29 is 22.1 Å². The van der Waals surface area contributed by atoms with E-state index in [0.717, 1.165) is 36.0 Å². The second-order valence-electron chi connectivity index (χ2n) is 7.63. The summed E-state index contributed by atoms with van der Waals surface area (Å²) in [6.07, 6.45) is 6.81. The van der Waals surface area contributed by atoms with Gasteiger partial charge in [0, 0.05) is 19.8 Å². The van der Waals surface area contributed by atoms with Gasteiger partial charge in [-0.3, -0.25) is 4.18 Å². The molecule has 2 aromatic carbocycles. The van der Waals surface area contributed by atoms with E-state index >= 15 is 0 Å². The fourth-order valence-electron chi connectivity index (χ4n) is 2.90. The van der Waals surface area contributed by atoms with Crippen molar-refractivity contribution in [3.05, 3.63) is 89.3 Å². The van der Waals surface area contributed by atoms with Crippen LogP contribution >= 0.6 is 0 Å². The molecule has 0 N–H and O–H groups in total. The van der Waals surface area contributed by atoms with Gasteiger partial charge in [0.1, 0.15) is 25.6 Å². The van der Waals surface area contributed by atoms with E-state index in [1.807, 2.05) is 75.6 Å². The van der Waals surface area contributed by atoms with Crippen LogP contribution in [0.15, 0.2) is 78.2 Å². The fraction of sp³-hybridized carbons (Fsp3) is 0.360. The van der Waals surface area contributed by atoms with Gasteiger partial charge in [-0.2, -0.15) is 8.42 Å². The number of ether oxygens (including phenoxy) is 2. The van der Waals surface area contributed by atoms with Crippen molar-refractivity contribution in [2.24, 2.45) is 0 Å². The molecule has 0 saturated heterocycles. The molecule has 0 bridgehead atoms. The Morgan fingerprint density at radius 1 is 0.969 bits per heavy atom. The molecule has 0 amide bonds. The van der Waals surface area contributed by atoms with E-state index in [1.54, 1.807) is 0 Å².